The maximum absolute atomic E-state index is 14.7. The Bertz CT molecular complexity index is 1420. The highest BCUT2D eigenvalue weighted by atomic mass is 35.5. The van der Waals surface area contributed by atoms with Crippen LogP contribution in [0.15, 0.2) is 42.6 Å². The number of carbonyl (C=O) groups is 3. The van der Waals surface area contributed by atoms with E-state index in [0.717, 1.165) is 10.5 Å². The molecule has 1 aromatic heterocycles. The molecule has 204 valence electrons. The number of aromatic nitrogens is 2. The van der Waals surface area contributed by atoms with Gasteiger partial charge in [0, 0.05) is 12.2 Å². The van der Waals surface area contributed by atoms with Crippen LogP contribution >= 0.6 is 11.6 Å². The van der Waals surface area contributed by atoms with Gasteiger partial charge in [-0.3, -0.25) is 9.69 Å². The lowest BCUT2D eigenvalue weighted by Gasteiger charge is -2.23. The van der Waals surface area contributed by atoms with Gasteiger partial charge in [0.2, 0.25) is 11.9 Å². The minimum atomic E-state index is -0.983. The number of likely N-dealkylation sites (N-methyl/N-ethyl adjacent to an activating group) is 1. The number of primary amides is 1. The van der Waals surface area contributed by atoms with Crippen LogP contribution in [0, 0.1) is 12.7 Å². The minimum absolute atomic E-state index is 0.0225. The number of fused-ring (bicyclic) bond motifs is 1. The number of anilines is 5. The van der Waals surface area contributed by atoms with Crippen LogP contribution in [-0.4, -0.2) is 52.6 Å². The summed E-state index contributed by atoms with van der Waals surface area (Å²) in [4.78, 5) is 50.0. The molecule has 0 unspecified atom stereocenters. The molecule has 0 saturated carbocycles. The minimum Gasteiger partial charge on any atom is -0.450 e. The summed E-state index contributed by atoms with van der Waals surface area (Å²) in [5.41, 5.74) is 7.84. The predicted molar refractivity (Wildman–Crippen MR) is 145 cm³/mol. The Morgan fingerprint density at radius 1 is 1.23 bits per heavy atom. The first-order valence-corrected chi connectivity index (χ1v) is 12.5. The van der Waals surface area contributed by atoms with E-state index < -0.39 is 17.9 Å². The van der Waals surface area contributed by atoms with Crippen LogP contribution in [0.2, 0.25) is 5.02 Å². The van der Waals surface area contributed by atoms with Gasteiger partial charge in [-0.15, -0.1) is 0 Å². The van der Waals surface area contributed by atoms with Crippen molar-refractivity contribution >= 4 is 58.5 Å². The van der Waals surface area contributed by atoms with Gasteiger partial charge in [0.25, 0.3) is 0 Å². The largest absolute Gasteiger partial charge is 0.450 e. The molecule has 3 N–H and O–H groups in total. The molecule has 1 aliphatic heterocycles. The van der Waals surface area contributed by atoms with Crippen molar-refractivity contribution in [1.29, 1.82) is 0 Å². The molecule has 39 heavy (non-hydrogen) atoms. The van der Waals surface area contributed by atoms with E-state index in [1.165, 1.54) is 23.2 Å². The molecule has 11 nitrogen and oxygen atoms in total. The van der Waals surface area contributed by atoms with Crippen molar-refractivity contribution in [2.45, 2.75) is 27.3 Å². The number of hydrogen-bond acceptors (Lipinski definition) is 7. The van der Waals surface area contributed by atoms with Crippen molar-refractivity contribution in [3.63, 3.8) is 0 Å². The number of hydrogen-bond donors (Lipinski definition) is 2. The average Bonchev–Trinajstić information content (AvgIpc) is 3.03. The number of nitrogens with zero attached hydrogens (tertiary/aromatic N) is 5. The van der Waals surface area contributed by atoms with Crippen LogP contribution in [0.3, 0.4) is 0 Å². The highest BCUT2D eigenvalue weighted by Crippen LogP contribution is 2.35. The lowest BCUT2D eigenvalue weighted by atomic mass is 10.1. The number of rotatable bonds is 6. The molecular formula is C26H27ClFN7O4. The van der Waals surface area contributed by atoms with E-state index in [1.54, 1.807) is 43.0 Å². The second-order valence-electron chi connectivity index (χ2n) is 8.61. The van der Waals surface area contributed by atoms with Gasteiger partial charge in [0.05, 0.1) is 30.7 Å². The molecule has 0 saturated heterocycles. The Kier molecular flexibility index (Phi) is 8.15. The van der Waals surface area contributed by atoms with Crippen molar-refractivity contribution < 1.29 is 23.5 Å². The molecule has 2 aromatic carbocycles. The summed E-state index contributed by atoms with van der Waals surface area (Å²) in [7, 11) is 0. The average molecular weight is 556 g/mol. The maximum Gasteiger partial charge on any atom is 0.410 e. The van der Waals surface area contributed by atoms with Gasteiger partial charge in [0.1, 0.15) is 17.4 Å². The van der Waals surface area contributed by atoms with E-state index in [9.17, 15) is 18.8 Å². The Morgan fingerprint density at radius 3 is 2.67 bits per heavy atom. The highest BCUT2D eigenvalue weighted by molar-refractivity contribution is 6.33. The summed E-state index contributed by atoms with van der Waals surface area (Å²) in [6.07, 6.45) is 0.698. The van der Waals surface area contributed by atoms with Gasteiger partial charge in [-0.25, -0.2) is 23.9 Å². The smallest absolute Gasteiger partial charge is 0.410 e. The summed E-state index contributed by atoms with van der Waals surface area (Å²) in [5, 5.41) is 3.01. The summed E-state index contributed by atoms with van der Waals surface area (Å²) in [6.45, 7) is 5.81. The topological polar surface area (TPSA) is 134 Å². The summed E-state index contributed by atoms with van der Waals surface area (Å²) in [6, 6.07) is 8.60. The zero-order valence-corrected chi connectivity index (χ0v) is 22.3. The third-order valence-electron chi connectivity index (χ3n) is 6.03. The molecular weight excluding hydrogens is 529 g/mol. The number of para-hydroxylation sites is 1. The number of amides is 4. The molecule has 0 bridgehead atoms. The third-order valence-corrected chi connectivity index (χ3v) is 6.30. The Morgan fingerprint density at radius 2 is 2.00 bits per heavy atom. The molecule has 0 radical (unpaired) electrons. The van der Waals surface area contributed by atoms with Crippen molar-refractivity contribution in [2.75, 3.05) is 34.8 Å². The standard InChI is InChI=1S/C26H27ClFN7O4/c1-4-34-20-11-17(10-9-16(20)13-33(14-21(34)36)26(38)39-5-2)31-25-30-12-18(27)23(32-25)35(24(29)37)22-15(3)7-6-8-19(22)28/h6-12H,4-5,13-14H2,1-3H3,(H2,29,37)(H,30,31,32). The first-order chi connectivity index (χ1) is 18.6. The van der Waals surface area contributed by atoms with Gasteiger partial charge in [-0.1, -0.05) is 29.8 Å². The molecule has 0 atom stereocenters. The predicted octanol–water partition coefficient (Wildman–Crippen LogP) is 4.86. The zero-order valence-electron chi connectivity index (χ0n) is 21.6. The molecule has 13 heteroatoms. The lowest BCUT2D eigenvalue weighted by Crippen LogP contribution is -2.40. The number of urea groups is 1. The van der Waals surface area contributed by atoms with Crippen LogP contribution in [0.25, 0.3) is 0 Å². The molecule has 3 aromatic rings. The van der Waals surface area contributed by atoms with Gasteiger partial charge in [0.15, 0.2) is 5.82 Å². The first kappa shape index (κ1) is 27.6. The van der Waals surface area contributed by atoms with Crippen molar-refractivity contribution in [3.8, 4) is 0 Å². The molecule has 2 heterocycles. The number of halogens is 2. The van der Waals surface area contributed by atoms with Gasteiger partial charge in [-0.2, -0.15) is 4.98 Å². The van der Waals surface area contributed by atoms with Crippen LogP contribution in [0.1, 0.15) is 25.0 Å². The Balaban J connectivity index is 1.69. The van der Waals surface area contributed by atoms with Gasteiger partial charge in [-0.05, 0) is 50.1 Å². The van der Waals surface area contributed by atoms with Gasteiger partial charge < -0.3 is 20.7 Å². The quantitative estimate of drug-likeness (QED) is 0.443. The number of nitrogens with one attached hydrogen (secondary N) is 1. The molecule has 0 fully saturated rings. The second kappa shape index (κ2) is 11.5. The number of nitrogens with two attached hydrogens (primary N) is 1. The van der Waals surface area contributed by atoms with E-state index in [2.05, 4.69) is 15.3 Å². The van der Waals surface area contributed by atoms with E-state index in [4.69, 9.17) is 22.1 Å². The molecule has 1 aliphatic rings. The summed E-state index contributed by atoms with van der Waals surface area (Å²) < 4.78 is 19.8. The summed E-state index contributed by atoms with van der Waals surface area (Å²) >= 11 is 6.31. The fourth-order valence-electron chi connectivity index (χ4n) is 4.29. The van der Waals surface area contributed by atoms with Crippen LogP contribution in [0.5, 0.6) is 0 Å². The fraction of sp³-hybridized carbons (Fsp3) is 0.269. The normalized spacial score (nSPS) is 13.0. The molecule has 0 spiro atoms. The van der Waals surface area contributed by atoms with E-state index >= 15 is 0 Å². The SMILES string of the molecule is CCOC(=O)N1CC(=O)N(CC)c2cc(Nc3ncc(Cl)c(N(C(N)=O)c4c(C)cccc4F)n3)ccc2C1. The van der Waals surface area contributed by atoms with E-state index in [-0.39, 0.29) is 48.1 Å². The first-order valence-electron chi connectivity index (χ1n) is 12.1. The Labute approximate surface area is 229 Å². The van der Waals surface area contributed by atoms with Crippen LogP contribution in [-0.2, 0) is 16.1 Å². The molecule has 4 amide bonds. The Hall–Kier alpha value is -4.45. The lowest BCUT2D eigenvalue weighted by molar-refractivity contribution is -0.119. The number of ether oxygens (including phenoxy) is 1. The third kappa shape index (κ3) is 5.70. The van der Waals surface area contributed by atoms with Gasteiger partial charge >= 0.3 is 12.1 Å². The summed E-state index contributed by atoms with van der Waals surface area (Å²) in [5.74, 6) is -1.00. The van der Waals surface area contributed by atoms with Crippen molar-refractivity contribution in [1.82, 2.24) is 14.9 Å². The van der Waals surface area contributed by atoms with E-state index in [1.807, 2.05) is 6.92 Å². The van der Waals surface area contributed by atoms with Crippen LogP contribution < -0.4 is 20.9 Å². The monoisotopic (exact) mass is 555 g/mol. The van der Waals surface area contributed by atoms with Crippen molar-refractivity contribution in [3.05, 3.63) is 64.6 Å². The zero-order chi connectivity index (χ0) is 28.3. The maximum atomic E-state index is 14.7. The highest BCUT2D eigenvalue weighted by Gasteiger charge is 2.29. The number of benzene rings is 2. The van der Waals surface area contributed by atoms with Crippen LogP contribution in [0.4, 0.5) is 42.8 Å². The number of carbonyl (C=O) groups excluding carboxylic acids is 3. The fourth-order valence-corrected chi connectivity index (χ4v) is 4.47. The molecule has 4 rings (SSSR count). The van der Waals surface area contributed by atoms with Crippen molar-refractivity contribution in [2.24, 2.45) is 5.73 Å². The second-order valence-corrected chi connectivity index (χ2v) is 9.01. The molecule has 0 aliphatic carbocycles. The van der Waals surface area contributed by atoms with E-state index in [0.29, 0.717) is 23.5 Å². The number of aryl methyl sites for hydroxylation is 1.